The van der Waals surface area contributed by atoms with Crippen LogP contribution in [-0.2, 0) is 17.1 Å². The van der Waals surface area contributed by atoms with Gasteiger partial charge in [-0.2, -0.15) is 0 Å². The van der Waals surface area contributed by atoms with E-state index in [1.165, 1.54) is 0 Å². The predicted octanol–water partition coefficient (Wildman–Crippen LogP) is -5.13. The summed E-state index contributed by atoms with van der Waals surface area (Å²) in [6, 6.07) is 0. The molecule has 0 rings (SSSR count). The van der Waals surface area contributed by atoms with Crippen molar-refractivity contribution in [3.8, 4) is 0 Å². The molecule has 0 spiro atoms. The van der Waals surface area contributed by atoms with Crippen LogP contribution in [0.2, 0.25) is 0 Å². The third kappa shape index (κ3) is 52300. The third-order valence-corrected chi connectivity index (χ3v) is 0. The van der Waals surface area contributed by atoms with Crippen LogP contribution >= 0.6 is 0 Å². The van der Waals surface area contributed by atoms with E-state index in [9.17, 15) is 0 Å². The van der Waals surface area contributed by atoms with E-state index in [2.05, 4.69) is 0 Å². The fourth-order valence-electron chi connectivity index (χ4n) is 0. The molecule has 114 valence electrons. The Morgan fingerprint density at radius 3 is 0.286 bits per heavy atom. The van der Waals surface area contributed by atoms with Crippen molar-refractivity contribution in [1.29, 1.82) is 31.6 Å². The Bertz CT molecular complexity index is 119. The van der Waals surface area contributed by atoms with Crippen LogP contribution in [-0.4, -0.2) is 131 Å². The minimum atomic E-state index is 0. The number of rotatable bonds is 0. The molecule has 0 aliphatic carbocycles. The van der Waals surface area contributed by atoms with Crippen molar-refractivity contribution in [3.63, 3.8) is 0 Å². The molecule has 0 amide bonds. The monoisotopic (exact) mass is 596 g/mol. The largest absolute Gasteiger partial charge is 2.00 e. The molecule has 0 fully saturated rings. The summed E-state index contributed by atoms with van der Waals surface area (Å²) in [7, 11) is 0. The van der Waals surface area contributed by atoms with Gasteiger partial charge in [0.1, 0.15) is 0 Å². The minimum absolute atomic E-state index is 0. The van der Waals surface area contributed by atoms with Crippen molar-refractivity contribution in [1.82, 2.24) is 0 Å². The summed E-state index contributed by atoms with van der Waals surface area (Å²) in [5, 5.41) is 37.5. The van der Waals surface area contributed by atoms with Crippen molar-refractivity contribution < 1.29 is 49.9 Å². The van der Waals surface area contributed by atoms with Crippen molar-refractivity contribution in [3.05, 3.63) is 39.4 Å². The van der Waals surface area contributed by atoms with Crippen LogP contribution in [0.1, 0.15) is 0 Å². The molecule has 0 aliphatic heterocycles. The molecule has 0 saturated carbocycles. The van der Waals surface area contributed by atoms with Crippen molar-refractivity contribution in [2.24, 2.45) is 0 Å². The van der Waals surface area contributed by atoms with Gasteiger partial charge in [0.25, 0.3) is 0 Å². The van der Waals surface area contributed by atoms with Gasteiger partial charge < -0.3 is 104 Å². The van der Waals surface area contributed by atoms with E-state index in [1.807, 2.05) is 0 Å². The second-order valence-corrected chi connectivity index (χ2v) is 0. The van der Waals surface area contributed by atoms with E-state index in [4.69, 9.17) is 71.0 Å². The van der Waals surface area contributed by atoms with E-state index in [0.717, 1.165) is 0 Å². The molecule has 0 aromatic rings. The Morgan fingerprint density at radius 1 is 0.286 bits per heavy atom. The van der Waals surface area contributed by atoms with Crippen LogP contribution in [0.15, 0.2) is 0 Å². The molecule has 12 N–H and O–H groups in total. The summed E-state index contributed by atoms with van der Waals surface area (Å²) < 4.78 is 0. The van der Waals surface area contributed by atoms with E-state index in [0.29, 0.717) is 0 Å². The van der Waals surface area contributed by atoms with Gasteiger partial charge in [0.05, 0.1) is 0 Å². The topological polar surface area (TPSA) is 332 Å². The molecule has 15 heteroatoms. The second-order valence-electron chi connectivity index (χ2n) is 0. The zero-order chi connectivity index (χ0) is 12.0. The van der Waals surface area contributed by atoms with E-state index < -0.39 is 0 Å². The maximum Gasteiger partial charge on any atom is 2.00 e. The van der Waals surface area contributed by atoms with Gasteiger partial charge >= 0.3 is 115 Å². The smallest absolute Gasteiger partial charge is 0.512 e. The van der Waals surface area contributed by atoms with E-state index in [-0.39, 0.29) is 148 Å². The van der Waals surface area contributed by atoms with Gasteiger partial charge in [0.2, 0.25) is 0 Å². The van der Waals surface area contributed by atoms with Gasteiger partial charge in [0.15, 0.2) is 0 Å². The summed E-state index contributed by atoms with van der Waals surface area (Å²) in [5.74, 6) is 0. The first-order valence-electron chi connectivity index (χ1n) is 1.34. The van der Waals surface area contributed by atoms with Crippen LogP contribution in [0.4, 0.5) is 0 Å². The maximum absolute atomic E-state index is 6.25. The average molecular weight is 595 g/mol. The van der Waals surface area contributed by atoms with Gasteiger partial charge in [-0.15, -0.1) is 0 Å². The first-order valence-corrected chi connectivity index (χ1v) is 1.34. The zero-order valence-corrected chi connectivity index (χ0v) is 20.4. The Morgan fingerprint density at radius 2 is 0.286 bits per heavy atom. The number of hydrogen-bond donors (Lipinski definition) is 0. The minimum Gasteiger partial charge on any atom is -0.512 e. The fraction of sp³-hybridized carbons (Fsp3) is 0. The average Bonchev–Trinajstić information content (AvgIpc) is 2.33. The molecule has 21 heavy (non-hydrogen) atoms. The molecule has 0 radical (unpaired) electrons. The molecule has 0 saturated heterocycles. The Labute approximate surface area is 215 Å². The van der Waals surface area contributed by atoms with Crippen molar-refractivity contribution in [2.75, 3.05) is 0 Å². The molecule has 12 nitrogen and oxygen atoms in total. The molecule has 0 aromatic heterocycles. The van der Waals surface area contributed by atoms with Gasteiger partial charge in [-0.05, 0) is 0 Å². The first kappa shape index (κ1) is 219. The molecule has 0 bridgehead atoms. The van der Waals surface area contributed by atoms with Crippen LogP contribution in [0, 0.1) is 71.0 Å². The summed E-state index contributed by atoms with van der Waals surface area (Å²) in [5.41, 5.74) is 0. The molecule has 0 heterocycles. The van der Waals surface area contributed by atoms with Crippen LogP contribution in [0.25, 0.3) is 0 Å². The second kappa shape index (κ2) is 58100. The SMILES string of the molecule is O.O.O.O.O.O.[Ba+2].[Ba+2].[C-]#N.[C-]#N.[C-]#N.[C-]#N.[C-]#N.[C-]#N.[Fe+2]. The van der Waals surface area contributed by atoms with E-state index >= 15 is 0 Å². The molecular formula is C6H12Ba2FeN6O6. The van der Waals surface area contributed by atoms with Crippen LogP contribution in [0.3, 0.4) is 0 Å². The molecule has 0 aliphatic rings. The van der Waals surface area contributed by atoms with Crippen molar-refractivity contribution >= 4 is 97.8 Å². The maximum atomic E-state index is 6.25. The van der Waals surface area contributed by atoms with E-state index in [1.54, 1.807) is 0 Å². The van der Waals surface area contributed by atoms with Crippen LogP contribution < -0.4 is 0 Å². The summed E-state index contributed by atoms with van der Waals surface area (Å²) in [4.78, 5) is 0. The number of hydrogen-bond acceptors (Lipinski definition) is 6. The molecular weight excluding hydrogens is 583 g/mol. The predicted molar refractivity (Wildman–Crippen MR) is 63.0 cm³/mol. The Kier molecular flexibility index (Phi) is 606000. The fourth-order valence-corrected chi connectivity index (χ4v) is 0. The van der Waals surface area contributed by atoms with Gasteiger partial charge in [-0.1, -0.05) is 0 Å². The normalized spacial score (nSPS) is 0.571. The van der Waals surface area contributed by atoms with Gasteiger partial charge in [-0.3, -0.25) is 0 Å². The van der Waals surface area contributed by atoms with Gasteiger partial charge in [0, 0.05) is 0 Å². The summed E-state index contributed by atoms with van der Waals surface area (Å²) >= 11 is 0. The standard InChI is InChI=1S/6CN.2Ba.Fe.6H2O/c6*1-2;;;;;;;;;/h;;;;;;;;;6*1H2/q6*-1;3*+2;;;;;;. The summed E-state index contributed by atoms with van der Waals surface area (Å²) in [6.07, 6.45) is 0. The Balaban J connectivity index is -0.00000000146. The Hall–Kier alpha value is 0.362. The summed E-state index contributed by atoms with van der Waals surface area (Å²) in [6.45, 7) is 28.5. The quantitative estimate of drug-likeness (QED) is 0.195. The third-order valence-electron chi connectivity index (χ3n) is 0. The zero-order valence-electron chi connectivity index (χ0n) is 10.5. The molecule has 0 aromatic carbocycles. The molecule has 0 unspecified atom stereocenters. The van der Waals surface area contributed by atoms with Gasteiger partial charge in [-0.25, -0.2) is 0 Å². The molecule has 0 atom stereocenters. The van der Waals surface area contributed by atoms with Crippen LogP contribution in [0.5, 0.6) is 0 Å². The van der Waals surface area contributed by atoms with Crippen molar-refractivity contribution in [2.45, 2.75) is 0 Å². The first-order chi connectivity index (χ1) is 6.00. The number of nitrogens with zero attached hydrogens (tertiary/aromatic N) is 6.